The largest absolute Gasteiger partial charge is 0.513 e. The van der Waals surface area contributed by atoms with Crippen molar-refractivity contribution < 1.29 is 43.2 Å². The van der Waals surface area contributed by atoms with Gasteiger partial charge in [-0.3, -0.25) is 14.4 Å². The van der Waals surface area contributed by atoms with Gasteiger partial charge in [-0.05, 0) is 48.6 Å². The molecular formula is C29H37NO9. The Morgan fingerprint density at radius 1 is 0.821 bits per heavy atom. The van der Waals surface area contributed by atoms with E-state index in [4.69, 9.17) is 24.7 Å². The fraction of sp³-hybridized carbons (Fsp3) is 0.448. The summed E-state index contributed by atoms with van der Waals surface area (Å²) in [6.45, 7) is 8.56. The van der Waals surface area contributed by atoms with Crippen LogP contribution in [0.2, 0.25) is 0 Å². The highest BCUT2D eigenvalue weighted by molar-refractivity contribution is 5.79. The molecule has 0 saturated heterocycles. The molecule has 0 heterocycles. The molecule has 39 heavy (non-hydrogen) atoms. The van der Waals surface area contributed by atoms with Crippen LogP contribution < -0.4 is 19.9 Å². The molecule has 0 saturated carbocycles. The van der Waals surface area contributed by atoms with Crippen LogP contribution in [0.5, 0.6) is 17.2 Å². The van der Waals surface area contributed by atoms with Crippen LogP contribution in [0.4, 0.5) is 4.79 Å². The second-order valence-corrected chi connectivity index (χ2v) is 9.51. The van der Waals surface area contributed by atoms with E-state index in [1.807, 2.05) is 13.8 Å². The normalized spacial score (nSPS) is 14.7. The number of carboxylic acids is 1. The minimum absolute atomic E-state index is 0.0266. The fourth-order valence-electron chi connectivity index (χ4n) is 3.61. The number of carboxylic acid groups (broad SMARTS) is 1. The minimum atomic E-state index is -1.39. The predicted octanol–water partition coefficient (Wildman–Crippen LogP) is 4.94. The Labute approximate surface area is 228 Å². The third-order valence-electron chi connectivity index (χ3n) is 6.50. The Morgan fingerprint density at radius 3 is 1.92 bits per heavy atom. The van der Waals surface area contributed by atoms with Gasteiger partial charge in [-0.1, -0.05) is 58.9 Å². The summed E-state index contributed by atoms with van der Waals surface area (Å²) >= 11 is 0. The van der Waals surface area contributed by atoms with Crippen molar-refractivity contribution in [2.75, 3.05) is 6.61 Å². The molecule has 10 nitrogen and oxygen atoms in total. The summed E-state index contributed by atoms with van der Waals surface area (Å²) in [5.41, 5.74) is 6.45. The number of carbonyl (C=O) groups is 4. The van der Waals surface area contributed by atoms with Crippen LogP contribution in [0.15, 0.2) is 48.5 Å². The lowest BCUT2D eigenvalue weighted by molar-refractivity contribution is -0.141. The Kier molecular flexibility index (Phi) is 11.9. The molecule has 0 fully saturated rings. The van der Waals surface area contributed by atoms with Crippen molar-refractivity contribution >= 4 is 24.1 Å². The summed E-state index contributed by atoms with van der Waals surface area (Å²) in [6, 6.07) is 11.4. The molecule has 0 radical (unpaired) electrons. The Hall–Kier alpha value is -3.92. The van der Waals surface area contributed by atoms with E-state index in [1.54, 1.807) is 57.2 Å². The van der Waals surface area contributed by atoms with Crippen LogP contribution in [-0.4, -0.2) is 41.8 Å². The highest BCUT2D eigenvalue weighted by Gasteiger charge is 2.33. The monoisotopic (exact) mass is 543 g/mol. The first-order valence-corrected chi connectivity index (χ1v) is 12.9. The van der Waals surface area contributed by atoms with Crippen LogP contribution in [-0.2, 0) is 19.1 Å². The van der Waals surface area contributed by atoms with E-state index in [0.717, 1.165) is 0 Å². The second-order valence-electron chi connectivity index (χ2n) is 9.51. The number of carbonyl (C=O) groups excluding carboxylic acids is 3. The molecule has 0 aromatic heterocycles. The highest BCUT2D eigenvalue weighted by Crippen LogP contribution is 2.36. The molecule has 0 spiro atoms. The van der Waals surface area contributed by atoms with E-state index in [2.05, 4.69) is 0 Å². The van der Waals surface area contributed by atoms with Gasteiger partial charge in [0.25, 0.3) is 0 Å². The van der Waals surface area contributed by atoms with Crippen molar-refractivity contribution in [3.8, 4) is 17.2 Å². The maximum Gasteiger partial charge on any atom is 0.513 e. The average Bonchev–Trinajstić information content (AvgIpc) is 2.92. The van der Waals surface area contributed by atoms with E-state index in [1.165, 1.54) is 12.1 Å². The topological polar surface area (TPSA) is 151 Å². The highest BCUT2D eigenvalue weighted by atomic mass is 16.7. The number of aliphatic carboxylic acids is 1. The summed E-state index contributed by atoms with van der Waals surface area (Å²) in [4.78, 5) is 49.1. The third-order valence-corrected chi connectivity index (χ3v) is 6.50. The molecule has 0 amide bonds. The van der Waals surface area contributed by atoms with Gasteiger partial charge in [0.05, 0.1) is 18.4 Å². The minimum Gasteiger partial charge on any atom is -0.480 e. The number of ether oxygens (including phenoxy) is 4. The van der Waals surface area contributed by atoms with Crippen LogP contribution in [0.3, 0.4) is 0 Å². The zero-order chi connectivity index (χ0) is 29.1. The predicted molar refractivity (Wildman–Crippen MR) is 143 cm³/mol. The standard InChI is InChI=1S/C29H37NO9/c1-6-17(3)27(33)38-22-14-13-20(15-23(22)39-28(34)18(4)7-2)24(25(30)26(31)32)19(5)16-36-29(35)37-21-11-9-8-10-12-21/h8-15,17-19,24-25H,6-7,16,30H2,1-5H3,(H,31,32)/t17?,18?,19?,24?,25-/m0/s1. The van der Waals surface area contributed by atoms with Crippen molar-refractivity contribution in [1.82, 2.24) is 0 Å². The number of benzene rings is 2. The summed E-state index contributed by atoms with van der Waals surface area (Å²) < 4.78 is 21.4. The first-order valence-electron chi connectivity index (χ1n) is 12.9. The summed E-state index contributed by atoms with van der Waals surface area (Å²) in [7, 11) is 0. The molecule has 10 heteroatoms. The number of rotatable bonds is 13. The number of nitrogens with two attached hydrogens (primary N) is 1. The van der Waals surface area contributed by atoms with Crippen LogP contribution >= 0.6 is 0 Å². The van der Waals surface area contributed by atoms with Crippen LogP contribution in [0.25, 0.3) is 0 Å². The van der Waals surface area contributed by atoms with E-state index >= 15 is 0 Å². The number of hydrogen-bond donors (Lipinski definition) is 2. The average molecular weight is 544 g/mol. The SMILES string of the molecule is CCC(C)C(=O)Oc1ccc(C(C(C)COC(=O)Oc2ccccc2)[C@H](N)C(=O)O)cc1OC(=O)C(C)CC. The number of esters is 2. The van der Waals surface area contributed by atoms with Crippen molar-refractivity contribution in [3.63, 3.8) is 0 Å². The smallest absolute Gasteiger partial charge is 0.480 e. The van der Waals surface area contributed by atoms with Gasteiger partial charge in [0.2, 0.25) is 0 Å². The summed E-state index contributed by atoms with van der Waals surface area (Å²) in [6.07, 6.45) is 0.130. The zero-order valence-corrected chi connectivity index (χ0v) is 22.9. The molecule has 4 unspecified atom stereocenters. The van der Waals surface area contributed by atoms with Gasteiger partial charge in [-0.2, -0.15) is 0 Å². The molecular weight excluding hydrogens is 506 g/mol. The van der Waals surface area contributed by atoms with E-state index in [9.17, 15) is 24.3 Å². The van der Waals surface area contributed by atoms with E-state index in [0.29, 0.717) is 24.2 Å². The fourth-order valence-corrected chi connectivity index (χ4v) is 3.61. The van der Waals surface area contributed by atoms with Crippen molar-refractivity contribution in [2.45, 2.75) is 59.4 Å². The van der Waals surface area contributed by atoms with Crippen LogP contribution in [0.1, 0.15) is 58.9 Å². The molecule has 0 aliphatic rings. The lowest BCUT2D eigenvalue weighted by Gasteiger charge is -2.28. The second kappa shape index (κ2) is 14.9. The summed E-state index contributed by atoms with van der Waals surface area (Å²) in [5.74, 6) is -4.28. The van der Waals surface area contributed by atoms with Gasteiger partial charge in [0.15, 0.2) is 11.5 Å². The number of hydrogen-bond acceptors (Lipinski definition) is 9. The van der Waals surface area contributed by atoms with Crippen molar-refractivity contribution in [1.29, 1.82) is 0 Å². The Balaban J connectivity index is 2.35. The zero-order valence-electron chi connectivity index (χ0n) is 22.9. The molecule has 2 aromatic rings. The molecule has 2 rings (SSSR count). The first kappa shape index (κ1) is 31.3. The van der Waals surface area contributed by atoms with Gasteiger partial charge >= 0.3 is 24.1 Å². The molecule has 0 aliphatic heterocycles. The van der Waals surface area contributed by atoms with Gasteiger partial charge < -0.3 is 29.8 Å². The summed E-state index contributed by atoms with van der Waals surface area (Å²) in [5, 5.41) is 9.70. The van der Waals surface area contributed by atoms with Crippen molar-refractivity contribution in [3.05, 3.63) is 54.1 Å². The maximum absolute atomic E-state index is 12.6. The quantitative estimate of drug-likeness (QED) is 0.202. The van der Waals surface area contributed by atoms with Gasteiger partial charge in [-0.25, -0.2) is 4.79 Å². The molecule has 2 aromatic carbocycles. The van der Waals surface area contributed by atoms with E-state index in [-0.39, 0.29) is 24.0 Å². The molecule has 212 valence electrons. The molecule has 0 aliphatic carbocycles. The maximum atomic E-state index is 12.6. The van der Waals surface area contributed by atoms with Gasteiger partial charge in [0, 0.05) is 5.92 Å². The number of para-hydroxylation sites is 1. The Morgan fingerprint density at radius 2 is 1.38 bits per heavy atom. The van der Waals surface area contributed by atoms with E-state index < -0.39 is 47.9 Å². The third kappa shape index (κ3) is 9.10. The molecule has 0 bridgehead atoms. The molecule has 5 atom stereocenters. The van der Waals surface area contributed by atoms with Crippen LogP contribution in [0, 0.1) is 17.8 Å². The van der Waals surface area contributed by atoms with Gasteiger partial charge in [-0.15, -0.1) is 0 Å². The lowest BCUT2D eigenvalue weighted by Crippen LogP contribution is -2.40. The van der Waals surface area contributed by atoms with Gasteiger partial charge in [0.1, 0.15) is 11.8 Å². The van der Waals surface area contributed by atoms with Crippen molar-refractivity contribution in [2.24, 2.45) is 23.5 Å². The molecule has 3 N–H and O–H groups in total. The Bertz CT molecular complexity index is 1130. The first-order chi connectivity index (χ1) is 18.5. The lowest BCUT2D eigenvalue weighted by atomic mass is 9.82.